The number of nitrogens with zero attached hydrogens (tertiary/aromatic N) is 1. The van der Waals surface area contributed by atoms with Crippen molar-refractivity contribution >= 4 is 10.8 Å². The molecule has 1 aliphatic carbocycles. The largest absolute Gasteiger partial charge is 0.198 e. The summed E-state index contributed by atoms with van der Waals surface area (Å²) in [6.45, 7) is 2.22. The van der Waals surface area contributed by atoms with Crippen molar-refractivity contribution in [3.05, 3.63) is 48.0 Å². The van der Waals surface area contributed by atoms with Gasteiger partial charge in [0.1, 0.15) is 0 Å². The lowest BCUT2D eigenvalue weighted by Crippen LogP contribution is -2.40. The summed E-state index contributed by atoms with van der Waals surface area (Å²) in [6.07, 6.45) is 2.17. The molecule has 2 aromatic carbocycles. The van der Waals surface area contributed by atoms with E-state index in [4.69, 9.17) is 5.26 Å². The van der Waals surface area contributed by atoms with Crippen LogP contribution in [0.1, 0.15) is 25.3 Å². The monoisotopic (exact) mass is 221 g/mol. The maximum absolute atomic E-state index is 9.15. The summed E-state index contributed by atoms with van der Waals surface area (Å²) in [4.78, 5) is 0. The van der Waals surface area contributed by atoms with E-state index in [0.717, 1.165) is 12.8 Å². The van der Waals surface area contributed by atoms with Crippen LogP contribution in [0.5, 0.6) is 0 Å². The van der Waals surface area contributed by atoms with Crippen LogP contribution in [0.2, 0.25) is 0 Å². The van der Waals surface area contributed by atoms with Crippen LogP contribution in [-0.2, 0) is 5.41 Å². The van der Waals surface area contributed by atoms with Crippen LogP contribution >= 0.6 is 0 Å². The number of rotatable bonds is 1. The molecule has 0 bridgehead atoms. The van der Waals surface area contributed by atoms with Crippen molar-refractivity contribution in [2.24, 2.45) is 5.92 Å². The van der Waals surface area contributed by atoms with Gasteiger partial charge in [-0.2, -0.15) is 5.26 Å². The Bertz CT molecular complexity index is 608. The van der Waals surface area contributed by atoms with Gasteiger partial charge in [0, 0.05) is 5.41 Å². The number of benzene rings is 2. The molecule has 0 aromatic heterocycles. The van der Waals surface area contributed by atoms with Crippen molar-refractivity contribution in [1.29, 1.82) is 5.26 Å². The van der Waals surface area contributed by atoms with E-state index in [1.54, 1.807) is 0 Å². The van der Waals surface area contributed by atoms with E-state index in [-0.39, 0.29) is 11.3 Å². The second-order valence-electron chi connectivity index (χ2n) is 5.20. The Kier molecular flexibility index (Phi) is 2.19. The van der Waals surface area contributed by atoms with Gasteiger partial charge < -0.3 is 0 Å². The Labute approximate surface area is 102 Å². The molecule has 0 radical (unpaired) electrons. The van der Waals surface area contributed by atoms with Crippen LogP contribution in [0.4, 0.5) is 0 Å². The third-order valence-electron chi connectivity index (χ3n) is 4.29. The number of fused-ring (bicyclic) bond motifs is 1. The van der Waals surface area contributed by atoms with E-state index in [2.05, 4.69) is 55.5 Å². The van der Waals surface area contributed by atoms with E-state index in [9.17, 15) is 0 Å². The highest BCUT2D eigenvalue weighted by atomic mass is 14.5. The van der Waals surface area contributed by atoms with Crippen molar-refractivity contribution in [3.8, 4) is 6.07 Å². The molecule has 0 aliphatic heterocycles. The molecule has 0 spiro atoms. The molecule has 0 saturated heterocycles. The first-order valence-corrected chi connectivity index (χ1v) is 6.13. The Hall–Kier alpha value is -1.81. The molecule has 2 unspecified atom stereocenters. The second-order valence-corrected chi connectivity index (χ2v) is 5.20. The fraction of sp³-hybridized carbons (Fsp3) is 0.312. The topological polar surface area (TPSA) is 23.8 Å². The Morgan fingerprint density at radius 3 is 2.59 bits per heavy atom. The molecule has 1 aliphatic rings. The average Bonchev–Trinajstić information content (AvgIpc) is 2.36. The van der Waals surface area contributed by atoms with Crippen molar-refractivity contribution in [2.75, 3.05) is 0 Å². The van der Waals surface area contributed by atoms with E-state index in [1.165, 1.54) is 16.3 Å². The third kappa shape index (κ3) is 1.45. The van der Waals surface area contributed by atoms with E-state index in [0.29, 0.717) is 0 Å². The first-order chi connectivity index (χ1) is 8.24. The third-order valence-corrected chi connectivity index (χ3v) is 4.29. The molecular weight excluding hydrogens is 206 g/mol. The lowest BCUT2D eigenvalue weighted by molar-refractivity contribution is 0.195. The van der Waals surface area contributed by atoms with Gasteiger partial charge in [0.2, 0.25) is 0 Å². The molecule has 1 saturated carbocycles. The van der Waals surface area contributed by atoms with Crippen molar-refractivity contribution in [3.63, 3.8) is 0 Å². The number of nitriles is 1. The molecule has 0 amide bonds. The molecule has 3 rings (SSSR count). The molecule has 2 atom stereocenters. The zero-order chi connectivity index (χ0) is 11.9. The summed E-state index contributed by atoms with van der Waals surface area (Å²) in [7, 11) is 0. The lowest BCUT2D eigenvalue weighted by Gasteiger charge is -2.44. The van der Waals surface area contributed by atoms with Gasteiger partial charge in [-0.1, -0.05) is 49.4 Å². The van der Waals surface area contributed by atoms with Crippen LogP contribution in [-0.4, -0.2) is 0 Å². The van der Waals surface area contributed by atoms with Crippen LogP contribution in [0.3, 0.4) is 0 Å². The number of hydrogen-bond donors (Lipinski definition) is 0. The minimum atomic E-state index is 0.0682. The van der Waals surface area contributed by atoms with Gasteiger partial charge in [0.05, 0.1) is 12.0 Å². The van der Waals surface area contributed by atoms with Gasteiger partial charge in [-0.25, -0.2) is 0 Å². The van der Waals surface area contributed by atoms with Crippen molar-refractivity contribution in [2.45, 2.75) is 25.2 Å². The molecule has 1 heteroatoms. The summed E-state index contributed by atoms with van der Waals surface area (Å²) in [5.41, 5.74) is 1.38. The van der Waals surface area contributed by atoms with Crippen molar-refractivity contribution < 1.29 is 0 Å². The summed E-state index contributed by atoms with van der Waals surface area (Å²) in [6, 6.07) is 17.4. The first-order valence-electron chi connectivity index (χ1n) is 6.13. The maximum Gasteiger partial charge on any atom is 0.0665 e. The highest BCUT2D eigenvalue weighted by Gasteiger charge is 2.44. The molecule has 0 heterocycles. The van der Waals surface area contributed by atoms with E-state index < -0.39 is 0 Å². The molecule has 84 valence electrons. The van der Waals surface area contributed by atoms with Crippen molar-refractivity contribution in [1.82, 2.24) is 0 Å². The highest BCUT2D eigenvalue weighted by Crippen LogP contribution is 2.48. The second kappa shape index (κ2) is 3.60. The summed E-state index contributed by atoms with van der Waals surface area (Å²) in [5, 5.41) is 11.7. The van der Waals surface area contributed by atoms with E-state index in [1.807, 2.05) is 0 Å². The molecule has 17 heavy (non-hydrogen) atoms. The van der Waals surface area contributed by atoms with Crippen LogP contribution < -0.4 is 0 Å². The predicted octanol–water partition coefficient (Wildman–Crippen LogP) is 4.03. The quantitative estimate of drug-likeness (QED) is 0.713. The Morgan fingerprint density at radius 1 is 1.18 bits per heavy atom. The normalized spacial score (nSPS) is 27.4. The zero-order valence-corrected chi connectivity index (χ0v) is 9.98. The molecule has 0 N–H and O–H groups in total. The average molecular weight is 221 g/mol. The Balaban J connectivity index is 2.10. The fourth-order valence-corrected chi connectivity index (χ4v) is 2.82. The van der Waals surface area contributed by atoms with Gasteiger partial charge in [-0.3, -0.25) is 0 Å². The van der Waals surface area contributed by atoms with Gasteiger partial charge in [-0.05, 0) is 29.2 Å². The van der Waals surface area contributed by atoms with Gasteiger partial charge >= 0.3 is 0 Å². The smallest absolute Gasteiger partial charge is 0.0665 e. The zero-order valence-electron chi connectivity index (χ0n) is 9.98. The van der Waals surface area contributed by atoms with Crippen LogP contribution in [0.25, 0.3) is 10.8 Å². The van der Waals surface area contributed by atoms with Crippen LogP contribution in [0.15, 0.2) is 42.5 Å². The Morgan fingerprint density at radius 2 is 1.94 bits per heavy atom. The maximum atomic E-state index is 9.15. The standard InChI is InChI=1S/C16H15N/c1-16(9-8-15(16)11-17)14-7-6-12-4-2-3-5-13(12)10-14/h2-7,10,15H,8-9H2,1H3. The molecule has 1 fully saturated rings. The molecule has 2 aromatic rings. The minimum absolute atomic E-state index is 0.0682. The molecular formula is C16H15N. The summed E-state index contributed by atoms with van der Waals surface area (Å²) in [5.74, 6) is 0.184. The first kappa shape index (κ1) is 10.4. The van der Waals surface area contributed by atoms with E-state index >= 15 is 0 Å². The number of hydrogen-bond acceptors (Lipinski definition) is 1. The van der Waals surface area contributed by atoms with Gasteiger partial charge in [-0.15, -0.1) is 0 Å². The van der Waals surface area contributed by atoms with Gasteiger partial charge in [0.25, 0.3) is 0 Å². The van der Waals surface area contributed by atoms with Gasteiger partial charge in [0.15, 0.2) is 0 Å². The summed E-state index contributed by atoms with van der Waals surface area (Å²) < 4.78 is 0. The fourth-order valence-electron chi connectivity index (χ4n) is 2.82. The van der Waals surface area contributed by atoms with Crippen LogP contribution in [0, 0.1) is 17.2 Å². The SMILES string of the molecule is CC1(c2ccc3ccccc3c2)CCC1C#N. The highest BCUT2D eigenvalue weighted by molar-refractivity contribution is 5.83. The minimum Gasteiger partial charge on any atom is -0.198 e. The lowest BCUT2D eigenvalue weighted by atomic mass is 9.58. The molecule has 1 nitrogen and oxygen atoms in total. The predicted molar refractivity (Wildman–Crippen MR) is 69.6 cm³/mol. The summed E-state index contributed by atoms with van der Waals surface area (Å²) >= 11 is 0.